The highest BCUT2D eigenvalue weighted by Crippen LogP contribution is 2.35. The quantitative estimate of drug-likeness (QED) is 0.569. The normalized spacial score (nSPS) is 10.6. The van der Waals surface area contributed by atoms with Crippen LogP contribution in [0.4, 0.5) is 25.8 Å². The molecule has 0 saturated heterocycles. The first kappa shape index (κ1) is 15.2. The van der Waals surface area contributed by atoms with Gasteiger partial charge in [0.1, 0.15) is 11.6 Å². The summed E-state index contributed by atoms with van der Waals surface area (Å²) in [6.45, 7) is 3.72. The summed E-state index contributed by atoms with van der Waals surface area (Å²) < 4.78 is 27.7. The van der Waals surface area contributed by atoms with Crippen LogP contribution in [-0.2, 0) is 0 Å². The molecule has 3 rings (SSSR count). The molecule has 3 aromatic carbocycles. The minimum Gasteiger partial charge on any atom is -0.310 e. The Hall–Kier alpha value is -2.68. The summed E-state index contributed by atoms with van der Waals surface area (Å²) >= 11 is 0. The van der Waals surface area contributed by atoms with Gasteiger partial charge in [-0.15, -0.1) is 0 Å². The summed E-state index contributed by atoms with van der Waals surface area (Å²) in [6.07, 6.45) is 0. The lowest BCUT2D eigenvalue weighted by molar-refractivity contribution is 0.618. The SMILES string of the molecule is Cc1ccc(N(c2cccc(F)c2)c2ccc(C)c(F)c2)cc1. The molecule has 0 fully saturated rings. The lowest BCUT2D eigenvalue weighted by atomic mass is 10.1. The van der Waals surface area contributed by atoms with E-state index in [1.54, 1.807) is 25.1 Å². The summed E-state index contributed by atoms with van der Waals surface area (Å²) in [5, 5.41) is 0. The molecule has 0 aliphatic heterocycles. The Bertz CT molecular complexity index is 825. The van der Waals surface area contributed by atoms with Crippen molar-refractivity contribution >= 4 is 17.1 Å². The van der Waals surface area contributed by atoms with Gasteiger partial charge in [0.05, 0.1) is 0 Å². The van der Waals surface area contributed by atoms with Gasteiger partial charge in [-0.1, -0.05) is 29.8 Å². The van der Waals surface area contributed by atoms with Crippen molar-refractivity contribution in [3.8, 4) is 0 Å². The van der Waals surface area contributed by atoms with Crippen LogP contribution in [0.15, 0.2) is 66.7 Å². The van der Waals surface area contributed by atoms with E-state index in [0.29, 0.717) is 16.9 Å². The van der Waals surface area contributed by atoms with Crippen LogP contribution in [0.3, 0.4) is 0 Å². The molecule has 0 atom stereocenters. The Morgan fingerprint density at radius 1 is 0.696 bits per heavy atom. The predicted molar refractivity (Wildman–Crippen MR) is 90.5 cm³/mol. The molecule has 1 nitrogen and oxygen atoms in total. The van der Waals surface area contributed by atoms with Crippen LogP contribution < -0.4 is 4.90 Å². The zero-order valence-electron chi connectivity index (χ0n) is 13.1. The molecule has 0 aliphatic carbocycles. The van der Waals surface area contributed by atoms with E-state index >= 15 is 0 Å². The molecule has 0 aromatic heterocycles. The number of benzene rings is 3. The van der Waals surface area contributed by atoms with E-state index in [1.807, 2.05) is 42.2 Å². The highest BCUT2D eigenvalue weighted by atomic mass is 19.1. The largest absolute Gasteiger partial charge is 0.310 e. The molecule has 0 aliphatic rings. The first-order valence-electron chi connectivity index (χ1n) is 7.43. The predicted octanol–water partition coefficient (Wildman–Crippen LogP) is 6.05. The average molecular weight is 309 g/mol. The van der Waals surface area contributed by atoms with Gasteiger partial charge in [-0.25, -0.2) is 8.78 Å². The molecule has 23 heavy (non-hydrogen) atoms. The van der Waals surface area contributed by atoms with Gasteiger partial charge in [-0.3, -0.25) is 0 Å². The number of rotatable bonds is 3. The van der Waals surface area contributed by atoms with Crippen LogP contribution in [0.2, 0.25) is 0 Å². The summed E-state index contributed by atoms with van der Waals surface area (Å²) in [5.74, 6) is -0.608. The number of halogens is 2. The molecule has 3 aromatic rings. The first-order valence-corrected chi connectivity index (χ1v) is 7.43. The second-order valence-corrected chi connectivity index (χ2v) is 5.58. The summed E-state index contributed by atoms with van der Waals surface area (Å²) in [5.41, 5.74) is 3.86. The molecule has 0 unspecified atom stereocenters. The van der Waals surface area contributed by atoms with Crippen LogP contribution in [0, 0.1) is 25.5 Å². The molecule has 0 amide bonds. The van der Waals surface area contributed by atoms with Gasteiger partial charge in [-0.05, 0) is 61.9 Å². The van der Waals surface area contributed by atoms with Gasteiger partial charge in [0.2, 0.25) is 0 Å². The van der Waals surface area contributed by atoms with E-state index in [1.165, 1.54) is 18.2 Å². The number of anilines is 3. The van der Waals surface area contributed by atoms with Crippen LogP contribution >= 0.6 is 0 Å². The Morgan fingerprint density at radius 3 is 2.00 bits per heavy atom. The van der Waals surface area contributed by atoms with E-state index in [0.717, 1.165) is 11.3 Å². The monoisotopic (exact) mass is 309 g/mol. The third kappa shape index (κ3) is 3.24. The number of hydrogen-bond donors (Lipinski definition) is 0. The summed E-state index contributed by atoms with van der Waals surface area (Å²) in [4.78, 5) is 1.84. The standard InChI is InChI=1S/C20H17F2N/c1-14-6-9-17(10-7-14)23(18-5-3-4-16(21)12-18)19-11-8-15(2)20(22)13-19/h3-13H,1-2H3. The molecule has 0 N–H and O–H groups in total. The smallest absolute Gasteiger partial charge is 0.128 e. The molecule has 0 spiro atoms. The van der Waals surface area contributed by atoms with E-state index < -0.39 is 0 Å². The van der Waals surface area contributed by atoms with Gasteiger partial charge in [0, 0.05) is 17.1 Å². The van der Waals surface area contributed by atoms with Crippen LogP contribution in [-0.4, -0.2) is 0 Å². The van der Waals surface area contributed by atoms with Gasteiger partial charge >= 0.3 is 0 Å². The minimum absolute atomic E-state index is 0.281. The molecular weight excluding hydrogens is 292 g/mol. The Morgan fingerprint density at radius 2 is 1.35 bits per heavy atom. The van der Waals surface area contributed by atoms with E-state index in [-0.39, 0.29) is 11.6 Å². The molecule has 0 bridgehead atoms. The second kappa shape index (κ2) is 6.21. The Balaban J connectivity index is 2.16. The molecule has 3 heteroatoms. The average Bonchev–Trinajstić information content (AvgIpc) is 2.53. The minimum atomic E-state index is -0.327. The van der Waals surface area contributed by atoms with Crippen LogP contribution in [0.25, 0.3) is 0 Å². The Kier molecular flexibility index (Phi) is 4.11. The van der Waals surface area contributed by atoms with Crippen molar-refractivity contribution in [1.29, 1.82) is 0 Å². The Labute approximate surface area is 134 Å². The zero-order chi connectivity index (χ0) is 16.4. The lowest BCUT2D eigenvalue weighted by Gasteiger charge is -2.25. The third-order valence-corrected chi connectivity index (χ3v) is 3.77. The molecule has 0 heterocycles. The highest BCUT2D eigenvalue weighted by Gasteiger charge is 2.14. The lowest BCUT2D eigenvalue weighted by Crippen LogP contribution is -2.10. The number of hydrogen-bond acceptors (Lipinski definition) is 1. The van der Waals surface area contributed by atoms with Crippen molar-refractivity contribution in [2.45, 2.75) is 13.8 Å². The summed E-state index contributed by atoms with van der Waals surface area (Å²) in [6, 6.07) is 19.2. The van der Waals surface area contributed by atoms with Crippen molar-refractivity contribution in [3.05, 3.63) is 89.5 Å². The number of nitrogens with zero attached hydrogens (tertiary/aromatic N) is 1. The van der Waals surface area contributed by atoms with Crippen molar-refractivity contribution in [1.82, 2.24) is 0 Å². The van der Waals surface area contributed by atoms with Crippen molar-refractivity contribution in [2.75, 3.05) is 4.90 Å². The van der Waals surface area contributed by atoms with Crippen LogP contribution in [0.5, 0.6) is 0 Å². The van der Waals surface area contributed by atoms with Crippen LogP contribution in [0.1, 0.15) is 11.1 Å². The van der Waals surface area contributed by atoms with Crippen molar-refractivity contribution in [2.24, 2.45) is 0 Å². The fourth-order valence-electron chi connectivity index (χ4n) is 2.48. The van der Waals surface area contributed by atoms with Gasteiger partial charge in [0.15, 0.2) is 0 Å². The fraction of sp³-hybridized carbons (Fsp3) is 0.100. The fourth-order valence-corrected chi connectivity index (χ4v) is 2.48. The topological polar surface area (TPSA) is 3.24 Å². The maximum Gasteiger partial charge on any atom is 0.128 e. The number of aryl methyl sites for hydroxylation is 2. The highest BCUT2D eigenvalue weighted by molar-refractivity contribution is 5.76. The van der Waals surface area contributed by atoms with Gasteiger partial charge in [0.25, 0.3) is 0 Å². The van der Waals surface area contributed by atoms with Crippen molar-refractivity contribution < 1.29 is 8.78 Å². The van der Waals surface area contributed by atoms with Crippen molar-refractivity contribution in [3.63, 3.8) is 0 Å². The first-order chi connectivity index (χ1) is 11.0. The van der Waals surface area contributed by atoms with E-state index in [2.05, 4.69) is 0 Å². The third-order valence-electron chi connectivity index (χ3n) is 3.77. The molecule has 0 radical (unpaired) electrons. The maximum atomic E-state index is 14.0. The molecule has 116 valence electrons. The van der Waals surface area contributed by atoms with Gasteiger partial charge in [-0.2, -0.15) is 0 Å². The zero-order valence-corrected chi connectivity index (χ0v) is 13.1. The second-order valence-electron chi connectivity index (χ2n) is 5.58. The molecule has 0 saturated carbocycles. The van der Waals surface area contributed by atoms with Gasteiger partial charge < -0.3 is 4.90 Å². The summed E-state index contributed by atoms with van der Waals surface area (Å²) in [7, 11) is 0. The molecular formula is C20H17F2N. The van der Waals surface area contributed by atoms with E-state index in [4.69, 9.17) is 0 Å². The maximum absolute atomic E-state index is 14.0. The van der Waals surface area contributed by atoms with E-state index in [9.17, 15) is 8.78 Å².